The summed E-state index contributed by atoms with van der Waals surface area (Å²) in [7, 11) is 0. The molecule has 154 valence electrons. The second-order valence-corrected chi connectivity index (χ2v) is 6.75. The van der Waals surface area contributed by atoms with Gasteiger partial charge in [-0.2, -0.15) is 5.10 Å². The molecule has 0 atom stereocenters. The van der Waals surface area contributed by atoms with Crippen LogP contribution in [0.4, 0.5) is 5.69 Å². The fourth-order valence-corrected chi connectivity index (χ4v) is 2.28. The minimum atomic E-state index is -0.499. The lowest BCUT2D eigenvalue weighted by molar-refractivity contribution is -0.126. The number of hydrogen-bond donors (Lipinski definition) is 2. The number of nitrogens with zero attached hydrogens (tertiary/aromatic N) is 1. The first-order valence-corrected chi connectivity index (χ1v) is 9.53. The summed E-state index contributed by atoms with van der Waals surface area (Å²) in [5.74, 6) is 1.04. The van der Waals surface area contributed by atoms with Crippen molar-refractivity contribution in [2.24, 2.45) is 11.0 Å². The predicted octanol–water partition coefficient (Wildman–Crippen LogP) is 3.60. The van der Waals surface area contributed by atoms with E-state index in [2.05, 4.69) is 29.7 Å². The number of carbonyl (C=O) groups excluding carboxylic acids is 2. The molecule has 0 spiro atoms. The Morgan fingerprint density at radius 1 is 0.966 bits per heavy atom. The van der Waals surface area contributed by atoms with Gasteiger partial charge < -0.3 is 14.8 Å². The largest absolute Gasteiger partial charge is 0.494 e. The van der Waals surface area contributed by atoms with Gasteiger partial charge in [-0.25, -0.2) is 5.43 Å². The third-order valence-electron chi connectivity index (χ3n) is 3.64. The van der Waals surface area contributed by atoms with E-state index < -0.39 is 11.8 Å². The minimum Gasteiger partial charge on any atom is -0.494 e. The van der Waals surface area contributed by atoms with Crippen molar-refractivity contribution in [3.05, 3.63) is 54.1 Å². The highest BCUT2D eigenvalue weighted by Crippen LogP contribution is 2.15. The van der Waals surface area contributed by atoms with Crippen LogP contribution >= 0.6 is 0 Å². The molecule has 2 aromatic carbocycles. The quantitative estimate of drug-likeness (QED) is 0.364. The number of rotatable bonds is 10. The molecule has 0 fully saturated rings. The first-order valence-electron chi connectivity index (χ1n) is 9.53. The second-order valence-electron chi connectivity index (χ2n) is 6.75. The lowest BCUT2D eigenvalue weighted by Crippen LogP contribution is -2.24. The molecular weight excluding hydrogens is 370 g/mol. The molecule has 0 radical (unpaired) electrons. The van der Waals surface area contributed by atoms with Gasteiger partial charge >= 0.3 is 0 Å². The van der Waals surface area contributed by atoms with Gasteiger partial charge in [0.15, 0.2) is 0 Å². The molecule has 0 bridgehead atoms. The predicted molar refractivity (Wildman–Crippen MR) is 113 cm³/mol. The SMILES string of the molecule is CCOc1ccc(NC(=O)CC(=O)NN=Cc2ccc(OCC(C)C)cc2)cc1. The number of hydrazone groups is 1. The van der Waals surface area contributed by atoms with Crippen LogP contribution in [-0.4, -0.2) is 31.2 Å². The summed E-state index contributed by atoms with van der Waals surface area (Å²) < 4.78 is 11.0. The van der Waals surface area contributed by atoms with Gasteiger partial charge in [-0.3, -0.25) is 9.59 Å². The van der Waals surface area contributed by atoms with E-state index in [0.29, 0.717) is 24.8 Å². The molecule has 0 saturated carbocycles. The summed E-state index contributed by atoms with van der Waals surface area (Å²) in [5, 5.41) is 6.53. The summed E-state index contributed by atoms with van der Waals surface area (Å²) in [6.07, 6.45) is 1.18. The molecule has 0 aliphatic rings. The van der Waals surface area contributed by atoms with Crippen LogP contribution in [0.25, 0.3) is 0 Å². The summed E-state index contributed by atoms with van der Waals surface area (Å²) >= 11 is 0. The summed E-state index contributed by atoms with van der Waals surface area (Å²) in [6.45, 7) is 7.29. The summed E-state index contributed by atoms with van der Waals surface area (Å²) in [6, 6.07) is 14.3. The fourth-order valence-electron chi connectivity index (χ4n) is 2.28. The van der Waals surface area contributed by atoms with Crippen LogP contribution in [0.5, 0.6) is 11.5 Å². The molecule has 2 amide bonds. The van der Waals surface area contributed by atoms with Crippen molar-refractivity contribution < 1.29 is 19.1 Å². The van der Waals surface area contributed by atoms with E-state index in [4.69, 9.17) is 9.47 Å². The van der Waals surface area contributed by atoms with Gasteiger partial charge in [0.2, 0.25) is 11.8 Å². The second kappa shape index (κ2) is 11.5. The summed E-state index contributed by atoms with van der Waals surface area (Å²) in [4.78, 5) is 23.8. The van der Waals surface area contributed by atoms with Crippen LogP contribution in [0, 0.1) is 5.92 Å². The topological polar surface area (TPSA) is 89.0 Å². The lowest BCUT2D eigenvalue weighted by atomic mass is 10.2. The number of ether oxygens (including phenoxy) is 2. The maximum Gasteiger partial charge on any atom is 0.249 e. The number of amides is 2. The van der Waals surface area contributed by atoms with Gasteiger partial charge in [-0.15, -0.1) is 0 Å². The van der Waals surface area contributed by atoms with Crippen molar-refractivity contribution in [2.45, 2.75) is 27.2 Å². The Kier molecular flexibility index (Phi) is 8.69. The van der Waals surface area contributed by atoms with E-state index in [0.717, 1.165) is 17.1 Å². The Balaban J connectivity index is 1.74. The molecule has 0 saturated heterocycles. The highest BCUT2D eigenvalue weighted by atomic mass is 16.5. The molecule has 29 heavy (non-hydrogen) atoms. The Bertz CT molecular complexity index is 815. The van der Waals surface area contributed by atoms with Crippen LogP contribution in [-0.2, 0) is 9.59 Å². The number of anilines is 1. The molecule has 0 aromatic heterocycles. The van der Waals surface area contributed by atoms with Gasteiger partial charge in [0, 0.05) is 5.69 Å². The monoisotopic (exact) mass is 397 g/mol. The fraction of sp³-hybridized carbons (Fsp3) is 0.318. The maximum absolute atomic E-state index is 11.9. The Hall–Kier alpha value is -3.35. The molecule has 0 aliphatic carbocycles. The Morgan fingerprint density at radius 2 is 1.59 bits per heavy atom. The van der Waals surface area contributed by atoms with Gasteiger partial charge in [0.25, 0.3) is 0 Å². The van der Waals surface area contributed by atoms with Crippen molar-refractivity contribution in [2.75, 3.05) is 18.5 Å². The van der Waals surface area contributed by atoms with E-state index in [9.17, 15) is 9.59 Å². The van der Waals surface area contributed by atoms with Crippen molar-refractivity contribution in [3.8, 4) is 11.5 Å². The number of nitrogens with one attached hydrogen (secondary N) is 2. The molecular formula is C22H27N3O4. The first kappa shape index (κ1) is 21.9. The smallest absolute Gasteiger partial charge is 0.249 e. The van der Waals surface area contributed by atoms with Gasteiger partial charge in [-0.05, 0) is 66.9 Å². The molecule has 2 aromatic rings. The van der Waals surface area contributed by atoms with Crippen molar-refractivity contribution >= 4 is 23.7 Å². The molecule has 0 heterocycles. The van der Waals surface area contributed by atoms with Gasteiger partial charge in [0.1, 0.15) is 17.9 Å². The van der Waals surface area contributed by atoms with Gasteiger partial charge in [0.05, 0.1) is 19.4 Å². The van der Waals surface area contributed by atoms with E-state index in [1.165, 1.54) is 6.21 Å². The van der Waals surface area contributed by atoms with E-state index >= 15 is 0 Å². The number of hydrogen-bond acceptors (Lipinski definition) is 5. The highest BCUT2D eigenvalue weighted by Gasteiger charge is 2.09. The number of carbonyl (C=O) groups is 2. The van der Waals surface area contributed by atoms with Crippen LogP contribution in [0.1, 0.15) is 32.8 Å². The molecule has 0 aliphatic heterocycles. The van der Waals surface area contributed by atoms with E-state index in [-0.39, 0.29) is 6.42 Å². The van der Waals surface area contributed by atoms with E-state index in [1.54, 1.807) is 24.3 Å². The zero-order valence-electron chi connectivity index (χ0n) is 17.0. The average Bonchev–Trinajstić information content (AvgIpc) is 2.69. The van der Waals surface area contributed by atoms with Crippen LogP contribution in [0.3, 0.4) is 0 Å². The van der Waals surface area contributed by atoms with Crippen LogP contribution < -0.4 is 20.2 Å². The zero-order valence-corrected chi connectivity index (χ0v) is 17.0. The van der Waals surface area contributed by atoms with Crippen LogP contribution in [0.15, 0.2) is 53.6 Å². The highest BCUT2D eigenvalue weighted by molar-refractivity contribution is 6.03. The number of benzene rings is 2. The third-order valence-corrected chi connectivity index (χ3v) is 3.64. The summed E-state index contributed by atoms with van der Waals surface area (Å²) in [5.41, 5.74) is 3.75. The molecule has 7 nitrogen and oxygen atoms in total. The first-order chi connectivity index (χ1) is 14.0. The van der Waals surface area contributed by atoms with Crippen molar-refractivity contribution in [1.82, 2.24) is 5.43 Å². The lowest BCUT2D eigenvalue weighted by Gasteiger charge is -2.08. The minimum absolute atomic E-state index is 0.327. The Morgan fingerprint density at radius 3 is 2.21 bits per heavy atom. The normalized spacial score (nSPS) is 10.8. The van der Waals surface area contributed by atoms with Gasteiger partial charge in [-0.1, -0.05) is 13.8 Å². The van der Waals surface area contributed by atoms with Crippen molar-refractivity contribution in [3.63, 3.8) is 0 Å². The zero-order chi connectivity index (χ0) is 21.1. The van der Waals surface area contributed by atoms with E-state index in [1.807, 2.05) is 31.2 Å². The molecule has 2 N–H and O–H groups in total. The third kappa shape index (κ3) is 8.47. The Labute approximate surface area is 171 Å². The standard InChI is InChI=1S/C22H27N3O4/c1-4-28-19-11-7-18(8-12-19)24-21(26)13-22(27)25-23-14-17-5-9-20(10-6-17)29-15-16(2)3/h5-12,14,16H,4,13,15H2,1-3H3,(H,24,26)(H,25,27). The van der Waals surface area contributed by atoms with Crippen molar-refractivity contribution in [1.29, 1.82) is 0 Å². The molecule has 0 unspecified atom stereocenters. The average molecular weight is 397 g/mol. The van der Waals surface area contributed by atoms with Crippen LogP contribution in [0.2, 0.25) is 0 Å². The maximum atomic E-state index is 11.9. The molecule has 7 heteroatoms. The molecule has 2 rings (SSSR count).